The zero-order valence-electron chi connectivity index (χ0n) is 15.0. The van der Waals surface area contributed by atoms with Crippen LogP contribution in [0.5, 0.6) is 0 Å². The van der Waals surface area contributed by atoms with Gasteiger partial charge in [0.2, 0.25) is 0 Å². The maximum Gasteiger partial charge on any atom is 0.0359 e. The molecule has 2 rings (SSSR count). The van der Waals surface area contributed by atoms with Crippen molar-refractivity contribution in [2.24, 2.45) is 11.8 Å². The van der Waals surface area contributed by atoms with Crippen molar-refractivity contribution in [3.8, 4) is 0 Å². The van der Waals surface area contributed by atoms with Crippen LogP contribution in [-0.2, 0) is 0 Å². The Hall–Kier alpha value is -0.0800. The van der Waals surface area contributed by atoms with Crippen molar-refractivity contribution in [2.75, 3.05) is 20.1 Å². The summed E-state index contributed by atoms with van der Waals surface area (Å²) in [6.07, 6.45) is 12.6. The summed E-state index contributed by atoms with van der Waals surface area (Å²) in [5.74, 6) is 1.89. The van der Waals surface area contributed by atoms with Crippen LogP contribution < -0.4 is 5.32 Å². The van der Waals surface area contributed by atoms with Crippen LogP contribution in [0.2, 0.25) is 0 Å². The van der Waals surface area contributed by atoms with Gasteiger partial charge in [0.05, 0.1) is 0 Å². The van der Waals surface area contributed by atoms with Crippen molar-refractivity contribution in [1.29, 1.82) is 0 Å². The predicted molar refractivity (Wildman–Crippen MR) is 92.7 cm³/mol. The van der Waals surface area contributed by atoms with Crippen molar-refractivity contribution in [1.82, 2.24) is 10.2 Å². The molecule has 1 aliphatic heterocycles. The summed E-state index contributed by atoms with van der Waals surface area (Å²) in [5, 5.41) is 3.78. The highest BCUT2D eigenvalue weighted by Gasteiger charge is 2.45. The van der Waals surface area contributed by atoms with Gasteiger partial charge in [-0.25, -0.2) is 0 Å². The van der Waals surface area contributed by atoms with Gasteiger partial charge in [-0.1, -0.05) is 40.0 Å². The molecule has 1 saturated heterocycles. The summed E-state index contributed by atoms with van der Waals surface area (Å²) in [4.78, 5) is 2.83. The molecule has 0 spiro atoms. The zero-order chi connectivity index (χ0) is 15.3. The summed E-state index contributed by atoms with van der Waals surface area (Å²) in [5.41, 5.74) is 0.398. The van der Waals surface area contributed by atoms with E-state index in [1.807, 2.05) is 0 Å². The third-order valence-electron chi connectivity index (χ3n) is 6.79. The lowest BCUT2D eigenvalue weighted by Crippen LogP contribution is -2.62. The maximum atomic E-state index is 3.78. The second-order valence-electron chi connectivity index (χ2n) is 7.46. The second-order valence-corrected chi connectivity index (χ2v) is 7.46. The number of likely N-dealkylation sites (tertiary alicyclic amines) is 1. The predicted octanol–water partition coefficient (Wildman–Crippen LogP) is 4.45. The van der Waals surface area contributed by atoms with Crippen molar-refractivity contribution >= 4 is 0 Å². The lowest BCUT2D eigenvalue weighted by atomic mass is 9.69. The first kappa shape index (κ1) is 17.3. The fourth-order valence-electron chi connectivity index (χ4n) is 5.37. The van der Waals surface area contributed by atoms with E-state index in [2.05, 4.69) is 38.0 Å². The Morgan fingerprint density at radius 1 is 1.00 bits per heavy atom. The highest BCUT2D eigenvalue weighted by Crippen LogP contribution is 2.40. The van der Waals surface area contributed by atoms with E-state index in [1.165, 1.54) is 70.9 Å². The molecule has 0 radical (unpaired) electrons. The van der Waals surface area contributed by atoms with Gasteiger partial charge >= 0.3 is 0 Å². The van der Waals surface area contributed by atoms with Crippen LogP contribution in [0.15, 0.2) is 0 Å². The molecule has 21 heavy (non-hydrogen) atoms. The molecular weight excluding hydrogens is 256 g/mol. The first-order valence-corrected chi connectivity index (χ1v) is 9.64. The highest BCUT2D eigenvalue weighted by atomic mass is 15.2. The Bertz CT molecular complexity index is 284. The van der Waals surface area contributed by atoms with E-state index in [0.717, 1.165) is 11.8 Å². The molecule has 0 aromatic heterocycles. The molecule has 0 bridgehead atoms. The number of hydrogen-bond acceptors (Lipinski definition) is 2. The van der Waals surface area contributed by atoms with Gasteiger partial charge in [0.25, 0.3) is 0 Å². The Labute approximate surface area is 133 Å². The van der Waals surface area contributed by atoms with Gasteiger partial charge < -0.3 is 5.32 Å². The van der Waals surface area contributed by atoms with Gasteiger partial charge in [-0.3, -0.25) is 4.90 Å². The van der Waals surface area contributed by atoms with E-state index in [9.17, 15) is 0 Å². The van der Waals surface area contributed by atoms with Crippen LogP contribution >= 0.6 is 0 Å². The molecule has 2 heteroatoms. The average Bonchev–Trinajstić information content (AvgIpc) is 3.08. The molecule has 124 valence electrons. The van der Waals surface area contributed by atoms with E-state index in [1.54, 1.807) is 0 Å². The minimum absolute atomic E-state index is 0.398. The number of nitrogens with one attached hydrogen (secondary N) is 1. The summed E-state index contributed by atoms with van der Waals surface area (Å²) in [6.45, 7) is 9.86. The van der Waals surface area contributed by atoms with Gasteiger partial charge in [0, 0.05) is 11.6 Å². The van der Waals surface area contributed by atoms with Gasteiger partial charge in [-0.05, 0) is 70.5 Å². The molecule has 0 aromatic carbocycles. The lowest BCUT2D eigenvalue weighted by molar-refractivity contribution is 0.0276. The average molecular weight is 295 g/mol. The molecule has 1 atom stereocenters. The molecule has 1 N–H and O–H groups in total. The third kappa shape index (κ3) is 3.47. The van der Waals surface area contributed by atoms with Gasteiger partial charge in [-0.2, -0.15) is 0 Å². The van der Waals surface area contributed by atoms with Crippen LogP contribution in [0.3, 0.4) is 0 Å². The monoisotopic (exact) mass is 294 g/mol. The smallest absolute Gasteiger partial charge is 0.0359 e. The van der Waals surface area contributed by atoms with Gasteiger partial charge in [0.15, 0.2) is 0 Å². The fraction of sp³-hybridized carbons (Fsp3) is 1.00. The molecule has 1 saturated carbocycles. The SMILES string of the molecule is CCC1CCC(C(NC)C(CC)(CC)N2CCCC2)CC1. The summed E-state index contributed by atoms with van der Waals surface area (Å²) in [7, 11) is 2.21. The van der Waals surface area contributed by atoms with Crippen molar-refractivity contribution in [3.63, 3.8) is 0 Å². The molecule has 2 aliphatic rings. The number of rotatable bonds is 7. The fourth-order valence-corrected chi connectivity index (χ4v) is 5.37. The first-order valence-electron chi connectivity index (χ1n) is 9.64. The molecular formula is C19H38N2. The Kier molecular flexibility index (Phi) is 6.55. The van der Waals surface area contributed by atoms with Crippen molar-refractivity contribution < 1.29 is 0 Å². The highest BCUT2D eigenvalue weighted by molar-refractivity contribution is 5.03. The van der Waals surface area contributed by atoms with E-state index < -0.39 is 0 Å². The number of likely N-dealkylation sites (N-methyl/N-ethyl adjacent to an activating group) is 1. The molecule has 1 unspecified atom stereocenters. The van der Waals surface area contributed by atoms with Gasteiger partial charge in [0.1, 0.15) is 0 Å². The summed E-state index contributed by atoms with van der Waals surface area (Å²) in [6, 6.07) is 0.684. The Morgan fingerprint density at radius 3 is 2.00 bits per heavy atom. The van der Waals surface area contributed by atoms with Crippen LogP contribution in [0.25, 0.3) is 0 Å². The molecule has 1 heterocycles. The van der Waals surface area contributed by atoms with Crippen LogP contribution in [0.4, 0.5) is 0 Å². The lowest BCUT2D eigenvalue weighted by Gasteiger charge is -2.51. The van der Waals surface area contributed by atoms with Crippen LogP contribution in [0.1, 0.15) is 78.6 Å². The van der Waals surface area contributed by atoms with E-state index >= 15 is 0 Å². The van der Waals surface area contributed by atoms with Crippen molar-refractivity contribution in [2.45, 2.75) is 90.1 Å². The molecule has 0 amide bonds. The third-order valence-corrected chi connectivity index (χ3v) is 6.79. The van der Waals surface area contributed by atoms with Crippen LogP contribution in [-0.4, -0.2) is 36.6 Å². The topological polar surface area (TPSA) is 15.3 Å². The molecule has 2 fully saturated rings. The van der Waals surface area contributed by atoms with E-state index in [0.29, 0.717) is 11.6 Å². The molecule has 2 nitrogen and oxygen atoms in total. The number of nitrogens with zero attached hydrogens (tertiary/aromatic N) is 1. The van der Waals surface area contributed by atoms with E-state index in [-0.39, 0.29) is 0 Å². The van der Waals surface area contributed by atoms with Crippen LogP contribution in [0, 0.1) is 11.8 Å². The second kappa shape index (κ2) is 7.97. The van der Waals surface area contributed by atoms with Gasteiger partial charge in [-0.15, -0.1) is 0 Å². The number of hydrogen-bond donors (Lipinski definition) is 1. The standard InChI is InChI=1S/C19H38N2/c1-5-16-10-12-17(13-11-16)18(20-4)19(6-2,7-3)21-14-8-9-15-21/h16-18,20H,5-15H2,1-4H3. The zero-order valence-corrected chi connectivity index (χ0v) is 15.0. The van der Waals surface area contributed by atoms with Crippen molar-refractivity contribution in [3.05, 3.63) is 0 Å². The maximum absolute atomic E-state index is 3.78. The molecule has 1 aliphatic carbocycles. The van der Waals surface area contributed by atoms with E-state index in [4.69, 9.17) is 0 Å². The Morgan fingerprint density at radius 2 is 1.57 bits per heavy atom. The minimum atomic E-state index is 0.398. The largest absolute Gasteiger partial charge is 0.315 e. The normalized spacial score (nSPS) is 29.7. The molecule has 0 aromatic rings. The minimum Gasteiger partial charge on any atom is -0.315 e. The Balaban J connectivity index is 2.12. The quantitative estimate of drug-likeness (QED) is 0.746. The first-order chi connectivity index (χ1) is 10.2. The summed E-state index contributed by atoms with van der Waals surface area (Å²) < 4.78 is 0. The summed E-state index contributed by atoms with van der Waals surface area (Å²) >= 11 is 0.